The fourth-order valence-corrected chi connectivity index (χ4v) is 1.96. The van der Waals surface area contributed by atoms with Gasteiger partial charge in [0.15, 0.2) is 17.2 Å². The number of nitrogens with one attached hydrogen (secondary N) is 1. The molecule has 0 aliphatic heterocycles. The third-order valence-electron chi connectivity index (χ3n) is 2.92. The lowest BCUT2D eigenvalue weighted by Crippen LogP contribution is -1.97. The zero-order valence-electron chi connectivity index (χ0n) is 10.3. The summed E-state index contributed by atoms with van der Waals surface area (Å²) in [5, 5.41) is 6.83. The lowest BCUT2D eigenvalue weighted by atomic mass is 10.1. The van der Waals surface area contributed by atoms with E-state index in [1.54, 1.807) is 0 Å². The summed E-state index contributed by atoms with van der Waals surface area (Å²) in [7, 11) is 1.26. The molecule has 2 aromatic heterocycles. The van der Waals surface area contributed by atoms with Crippen molar-refractivity contribution < 1.29 is 13.5 Å². The second-order valence-electron chi connectivity index (χ2n) is 4.00. The van der Waals surface area contributed by atoms with E-state index in [-0.39, 0.29) is 28.5 Å². The van der Waals surface area contributed by atoms with Crippen molar-refractivity contribution in [3.8, 4) is 17.0 Å². The highest BCUT2D eigenvalue weighted by molar-refractivity contribution is 5.97. The fraction of sp³-hybridized carbons (Fsp3) is 0.0833. The summed E-state index contributed by atoms with van der Waals surface area (Å²) in [5.74, 6) is -2.19. The Bertz CT molecular complexity index is 802. The van der Waals surface area contributed by atoms with Crippen LogP contribution in [0.15, 0.2) is 18.5 Å². The minimum absolute atomic E-state index is 0.0210. The molecule has 0 fully saturated rings. The van der Waals surface area contributed by atoms with Gasteiger partial charge in [-0.15, -0.1) is 0 Å². The van der Waals surface area contributed by atoms with Crippen molar-refractivity contribution in [2.45, 2.75) is 0 Å². The van der Waals surface area contributed by atoms with Crippen molar-refractivity contribution in [1.82, 2.24) is 20.2 Å². The van der Waals surface area contributed by atoms with Crippen molar-refractivity contribution in [1.29, 1.82) is 0 Å². The van der Waals surface area contributed by atoms with E-state index < -0.39 is 11.6 Å². The third-order valence-corrected chi connectivity index (χ3v) is 2.92. The Labute approximate surface area is 111 Å². The molecule has 0 amide bonds. The van der Waals surface area contributed by atoms with Crippen molar-refractivity contribution in [2.75, 3.05) is 12.8 Å². The second-order valence-corrected chi connectivity index (χ2v) is 4.00. The van der Waals surface area contributed by atoms with E-state index in [0.717, 1.165) is 0 Å². The van der Waals surface area contributed by atoms with E-state index >= 15 is 0 Å². The number of hydrogen-bond donors (Lipinski definition) is 2. The molecular formula is C12H9F2N5O. The van der Waals surface area contributed by atoms with E-state index in [9.17, 15) is 8.78 Å². The number of anilines is 1. The molecule has 0 unspecified atom stereocenters. The Kier molecular flexibility index (Phi) is 2.70. The van der Waals surface area contributed by atoms with Gasteiger partial charge in [-0.05, 0) is 12.1 Å². The van der Waals surface area contributed by atoms with Crippen LogP contribution in [-0.2, 0) is 0 Å². The summed E-state index contributed by atoms with van der Waals surface area (Å²) in [4.78, 5) is 7.72. The van der Waals surface area contributed by atoms with E-state index in [1.165, 1.54) is 25.6 Å². The first-order valence-corrected chi connectivity index (χ1v) is 5.60. The number of aromatic amines is 1. The predicted octanol–water partition coefficient (Wildman–Crippen LogP) is 1.89. The van der Waals surface area contributed by atoms with Crippen LogP contribution in [0.2, 0.25) is 0 Å². The summed E-state index contributed by atoms with van der Waals surface area (Å²) < 4.78 is 32.6. The minimum Gasteiger partial charge on any atom is -0.494 e. The van der Waals surface area contributed by atoms with Crippen molar-refractivity contribution in [3.63, 3.8) is 0 Å². The first kappa shape index (κ1) is 12.3. The van der Waals surface area contributed by atoms with Crippen LogP contribution >= 0.6 is 0 Å². The van der Waals surface area contributed by atoms with Gasteiger partial charge in [0.05, 0.1) is 18.2 Å². The number of H-pyrrole nitrogens is 1. The summed E-state index contributed by atoms with van der Waals surface area (Å²) in [6.07, 6.45) is 1.24. The Hall–Kier alpha value is -2.77. The molecule has 2 heterocycles. The maximum Gasteiger partial charge on any atom is 0.201 e. The highest BCUT2D eigenvalue weighted by atomic mass is 19.2. The number of halogens is 2. The molecule has 0 spiro atoms. The Morgan fingerprint density at radius 1 is 1.20 bits per heavy atom. The normalized spacial score (nSPS) is 10.9. The van der Waals surface area contributed by atoms with Crippen LogP contribution in [-0.4, -0.2) is 27.3 Å². The molecule has 0 aliphatic rings. The van der Waals surface area contributed by atoms with E-state index in [0.29, 0.717) is 5.39 Å². The highest BCUT2D eigenvalue weighted by Crippen LogP contribution is 2.33. The topological polar surface area (TPSA) is 89.7 Å². The van der Waals surface area contributed by atoms with Gasteiger partial charge in [0, 0.05) is 5.56 Å². The Morgan fingerprint density at radius 2 is 2.00 bits per heavy atom. The fourth-order valence-electron chi connectivity index (χ4n) is 1.96. The number of nitrogens with two attached hydrogens (primary N) is 1. The molecule has 8 heteroatoms. The number of benzene rings is 1. The number of methoxy groups -OCH3 is 1. The largest absolute Gasteiger partial charge is 0.494 e. The van der Waals surface area contributed by atoms with Gasteiger partial charge in [0.25, 0.3) is 0 Å². The van der Waals surface area contributed by atoms with Crippen LogP contribution in [0.5, 0.6) is 5.75 Å². The van der Waals surface area contributed by atoms with E-state index in [1.807, 2.05) is 0 Å². The lowest BCUT2D eigenvalue weighted by molar-refractivity contribution is 0.372. The molecule has 6 nitrogen and oxygen atoms in total. The third kappa shape index (κ3) is 1.65. The van der Waals surface area contributed by atoms with Gasteiger partial charge in [0.2, 0.25) is 5.82 Å². The molecule has 0 aliphatic carbocycles. The monoisotopic (exact) mass is 277 g/mol. The molecule has 3 N–H and O–H groups in total. The average molecular weight is 277 g/mol. The maximum absolute atomic E-state index is 14.1. The van der Waals surface area contributed by atoms with Crippen LogP contribution < -0.4 is 10.5 Å². The van der Waals surface area contributed by atoms with Crippen molar-refractivity contribution >= 4 is 16.9 Å². The van der Waals surface area contributed by atoms with E-state index in [4.69, 9.17) is 10.5 Å². The zero-order chi connectivity index (χ0) is 14.3. The van der Waals surface area contributed by atoms with Gasteiger partial charge < -0.3 is 10.5 Å². The molecule has 20 heavy (non-hydrogen) atoms. The smallest absolute Gasteiger partial charge is 0.201 e. The second kappa shape index (κ2) is 4.41. The highest BCUT2D eigenvalue weighted by Gasteiger charge is 2.20. The molecule has 102 valence electrons. The Balaban J connectivity index is 2.29. The van der Waals surface area contributed by atoms with Crippen LogP contribution in [0.3, 0.4) is 0 Å². The molecule has 0 radical (unpaired) electrons. The molecule has 3 aromatic rings. The zero-order valence-corrected chi connectivity index (χ0v) is 10.3. The van der Waals surface area contributed by atoms with Gasteiger partial charge in [-0.25, -0.2) is 14.4 Å². The van der Waals surface area contributed by atoms with E-state index in [2.05, 4.69) is 20.2 Å². The standard InChI is InChI=1S/C12H9F2N5O/c1-20-6-3-2-5(8(13)9(6)14)10-7-11(15)16-4-17-12(7)19-18-10/h2-4H,1H3,(H3,15,16,17,18,19). The maximum atomic E-state index is 14.1. The van der Waals surface area contributed by atoms with Gasteiger partial charge in [-0.2, -0.15) is 9.49 Å². The number of nitrogen functional groups attached to an aromatic ring is 1. The van der Waals surface area contributed by atoms with Crippen LogP contribution in [0, 0.1) is 11.6 Å². The van der Waals surface area contributed by atoms with Gasteiger partial charge in [-0.3, -0.25) is 5.10 Å². The lowest BCUT2D eigenvalue weighted by Gasteiger charge is -2.06. The number of rotatable bonds is 2. The van der Waals surface area contributed by atoms with Crippen molar-refractivity contribution in [2.24, 2.45) is 0 Å². The molecule has 0 saturated carbocycles. The number of fused-ring (bicyclic) bond motifs is 1. The molecule has 1 aromatic carbocycles. The quantitative estimate of drug-likeness (QED) is 0.746. The number of hydrogen-bond acceptors (Lipinski definition) is 5. The van der Waals surface area contributed by atoms with Crippen LogP contribution in [0.1, 0.15) is 0 Å². The minimum atomic E-state index is -1.08. The summed E-state index contributed by atoms with van der Waals surface area (Å²) >= 11 is 0. The first-order chi connectivity index (χ1) is 9.63. The molecule has 0 saturated heterocycles. The average Bonchev–Trinajstić information content (AvgIpc) is 2.87. The van der Waals surface area contributed by atoms with Crippen LogP contribution in [0.4, 0.5) is 14.6 Å². The predicted molar refractivity (Wildman–Crippen MR) is 68.0 cm³/mol. The summed E-state index contributed by atoms with van der Waals surface area (Å²) in [6, 6.07) is 2.69. The first-order valence-electron chi connectivity index (χ1n) is 5.60. The Morgan fingerprint density at radius 3 is 2.75 bits per heavy atom. The molecule has 0 atom stereocenters. The molecular weight excluding hydrogens is 268 g/mol. The SMILES string of the molecule is COc1ccc(-c2[nH]nc3ncnc(N)c23)c(F)c1F. The number of ether oxygens (including phenoxy) is 1. The van der Waals surface area contributed by atoms with Gasteiger partial charge in [-0.1, -0.05) is 0 Å². The van der Waals surface area contributed by atoms with Gasteiger partial charge in [0.1, 0.15) is 12.1 Å². The van der Waals surface area contributed by atoms with Crippen LogP contribution in [0.25, 0.3) is 22.3 Å². The molecule has 0 bridgehead atoms. The van der Waals surface area contributed by atoms with Gasteiger partial charge >= 0.3 is 0 Å². The summed E-state index contributed by atoms with van der Waals surface area (Å²) in [6.45, 7) is 0. The molecule has 3 rings (SSSR count). The summed E-state index contributed by atoms with van der Waals surface area (Å²) in [5.41, 5.74) is 6.21. The number of nitrogens with zero attached hydrogens (tertiary/aromatic N) is 3. The number of aromatic nitrogens is 4. The van der Waals surface area contributed by atoms with Crippen molar-refractivity contribution in [3.05, 3.63) is 30.1 Å².